The summed E-state index contributed by atoms with van der Waals surface area (Å²) in [5, 5.41) is 11.5. The van der Waals surface area contributed by atoms with Crippen LogP contribution in [0.5, 0.6) is 0 Å². The summed E-state index contributed by atoms with van der Waals surface area (Å²) in [4.78, 5) is 3.04. The van der Waals surface area contributed by atoms with E-state index in [1.807, 2.05) is 19.1 Å². The van der Waals surface area contributed by atoms with Gasteiger partial charge < -0.3 is 22.6 Å². The predicted molar refractivity (Wildman–Crippen MR) is 55.5 cm³/mol. The summed E-state index contributed by atoms with van der Waals surface area (Å²) in [5.41, 5.74) is 1.62. The molecule has 0 unspecified atom stereocenters. The molecule has 16 heavy (non-hydrogen) atoms. The minimum atomic E-state index is -6.00. The molecule has 1 aromatic rings. The molecule has 1 aromatic carbocycles. The summed E-state index contributed by atoms with van der Waals surface area (Å²) in [6, 6.07) is 7.24. The Kier molecular flexibility index (Phi) is 5.92. The van der Waals surface area contributed by atoms with E-state index in [1.165, 1.54) is 0 Å². The number of halogens is 4. The van der Waals surface area contributed by atoms with Crippen LogP contribution in [0.25, 0.3) is 4.98 Å². The van der Waals surface area contributed by atoms with Crippen molar-refractivity contribution in [1.29, 1.82) is 5.39 Å². The maximum absolute atomic E-state index is 9.75. The minimum Gasteiger partial charge on any atom is -0.418 e. The second kappa shape index (κ2) is 6.66. The van der Waals surface area contributed by atoms with Gasteiger partial charge in [0.05, 0.1) is 0 Å². The third-order valence-electron chi connectivity index (χ3n) is 1.36. The van der Waals surface area contributed by atoms with Gasteiger partial charge in [0.2, 0.25) is 5.39 Å². The zero-order valence-electron chi connectivity index (χ0n) is 8.50. The molecule has 0 spiro atoms. The van der Waals surface area contributed by atoms with Crippen molar-refractivity contribution < 1.29 is 17.3 Å². The van der Waals surface area contributed by atoms with Gasteiger partial charge in [-0.3, -0.25) is 0 Å². The second-order valence-corrected chi connectivity index (χ2v) is 2.67. The molecule has 0 aromatic heterocycles. The van der Waals surface area contributed by atoms with Gasteiger partial charge in [0.1, 0.15) is 0 Å². The number of nitrogens with zero attached hydrogens (tertiary/aromatic N) is 2. The van der Waals surface area contributed by atoms with Crippen molar-refractivity contribution in [3.05, 3.63) is 29.2 Å². The van der Waals surface area contributed by atoms with Crippen LogP contribution < -0.4 is 5.32 Å². The van der Waals surface area contributed by atoms with Crippen LogP contribution in [0.1, 0.15) is 6.92 Å². The third kappa shape index (κ3) is 8.81. The van der Waals surface area contributed by atoms with Crippen molar-refractivity contribution in [2.24, 2.45) is 0 Å². The molecule has 0 heterocycles. The number of rotatable bonds is 2. The summed E-state index contributed by atoms with van der Waals surface area (Å²) < 4.78 is 39.0. The van der Waals surface area contributed by atoms with Gasteiger partial charge in [0, 0.05) is 24.4 Å². The molecule has 8 heteroatoms. The Bertz CT molecular complexity index is 338. The molecule has 0 radical (unpaired) electrons. The maximum atomic E-state index is 9.75. The van der Waals surface area contributed by atoms with Crippen LogP contribution in [0.3, 0.4) is 0 Å². The highest BCUT2D eigenvalue weighted by Gasteiger charge is 2.20. The lowest BCUT2D eigenvalue weighted by molar-refractivity contribution is 0.368. The van der Waals surface area contributed by atoms with Crippen LogP contribution in [-0.2, 0) is 0 Å². The van der Waals surface area contributed by atoms with Gasteiger partial charge in [0.25, 0.3) is 0 Å². The first-order chi connectivity index (χ1) is 7.36. The zero-order valence-corrected chi connectivity index (χ0v) is 8.50. The fourth-order valence-corrected chi connectivity index (χ4v) is 0.850. The number of benzene rings is 1. The molecule has 1 rings (SSSR count). The van der Waals surface area contributed by atoms with Crippen molar-refractivity contribution in [2.45, 2.75) is 6.92 Å². The zero-order chi connectivity index (χ0) is 12.6. The lowest BCUT2D eigenvalue weighted by Crippen LogP contribution is -2.02. The molecular formula is C8H10BF4N3. The van der Waals surface area contributed by atoms with Gasteiger partial charge in [-0.1, -0.05) is 0 Å². The molecule has 1 N–H and O–H groups in total. The van der Waals surface area contributed by atoms with E-state index in [2.05, 4.69) is 10.3 Å². The number of nitrogens with one attached hydrogen (secondary N) is 1. The number of hydrogen-bond acceptors (Lipinski definition) is 2. The van der Waals surface area contributed by atoms with Crippen LogP contribution in [0.4, 0.5) is 28.6 Å². The van der Waals surface area contributed by atoms with E-state index < -0.39 is 7.25 Å². The van der Waals surface area contributed by atoms with Crippen LogP contribution >= 0.6 is 0 Å². The van der Waals surface area contributed by atoms with E-state index in [-0.39, 0.29) is 0 Å². The fourth-order valence-electron chi connectivity index (χ4n) is 0.850. The highest BCUT2D eigenvalue weighted by atomic mass is 19.5. The SMILES string of the molecule is CCNc1ccc([N+]#N)cc1.F[B-](F)(F)F. The average molecular weight is 235 g/mol. The van der Waals surface area contributed by atoms with Crippen molar-refractivity contribution in [3.8, 4) is 0 Å². The minimum absolute atomic E-state index is 0.576. The Morgan fingerprint density at radius 1 is 1.19 bits per heavy atom. The lowest BCUT2D eigenvalue weighted by Gasteiger charge is -1.98. The molecule has 0 aliphatic heterocycles. The van der Waals surface area contributed by atoms with Gasteiger partial charge in [-0.2, -0.15) is 0 Å². The molecule has 0 amide bonds. The van der Waals surface area contributed by atoms with E-state index in [9.17, 15) is 17.3 Å². The standard InChI is InChI=1S/C8H10N3.BF4/c1-2-10-7-3-5-8(11-9)6-4-7;2-1(3,4)5/h3-6,10H,2H2,1H3;/q+1;-1. The summed E-state index contributed by atoms with van der Waals surface area (Å²) in [7, 11) is -6.00. The Labute approximate surface area is 90.2 Å². The van der Waals surface area contributed by atoms with Crippen molar-refractivity contribution in [1.82, 2.24) is 0 Å². The highest BCUT2D eigenvalue weighted by Crippen LogP contribution is 2.15. The molecule has 0 saturated carbocycles. The smallest absolute Gasteiger partial charge is 0.418 e. The summed E-state index contributed by atoms with van der Waals surface area (Å²) in [6.45, 7) is 2.93. The van der Waals surface area contributed by atoms with Gasteiger partial charge in [-0.15, -0.1) is 0 Å². The number of anilines is 1. The first kappa shape index (κ1) is 14.2. The Morgan fingerprint density at radius 3 is 1.94 bits per heavy atom. The molecule has 0 fully saturated rings. The summed E-state index contributed by atoms with van der Waals surface area (Å²) in [5.74, 6) is 0. The quantitative estimate of drug-likeness (QED) is 0.479. The molecule has 0 saturated heterocycles. The Morgan fingerprint density at radius 2 is 1.62 bits per heavy atom. The predicted octanol–water partition coefficient (Wildman–Crippen LogP) is 3.90. The fraction of sp³-hybridized carbons (Fsp3) is 0.250. The van der Waals surface area contributed by atoms with Crippen LogP contribution in [0.2, 0.25) is 0 Å². The molecule has 0 atom stereocenters. The van der Waals surface area contributed by atoms with E-state index >= 15 is 0 Å². The third-order valence-corrected chi connectivity index (χ3v) is 1.36. The second-order valence-electron chi connectivity index (χ2n) is 2.67. The van der Waals surface area contributed by atoms with E-state index in [1.54, 1.807) is 12.1 Å². The number of diazo groups is 1. The monoisotopic (exact) mass is 235 g/mol. The average Bonchev–Trinajstić information content (AvgIpc) is 2.17. The Hall–Kier alpha value is -1.78. The largest absolute Gasteiger partial charge is 0.673 e. The van der Waals surface area contributed by atoms with Crippen molar-refractivity contribution >= 4 is 18.6 Å². The molecule has 0 aliphatic rings. The molecule has 3 nitrogen and oxygen atoms in total. The van der Waals surface area contributed by atoms with E-state index in [0.29, 0.717) is 5.69 Å². The van der Waals surface area contributed by atoms with Gasteiger partial charge >= 0.3 is 12.9 Å². The highest BCUT2D eigenvalue weighted by molar-refractivity contribution is 6.50. The first-order valence-corrected chi connectivity index (χ1v) is 4.43. The molecule has 0 aliphatic carbocycles. The van der Waals surface area contributed by atoms with Crippen LogP contribution in [0, 0.1) is 5.39 Å². The lowest BCUT2D eigenvalue weighted by atomic mass is 10.3. The molecular weight excluding hydrogens is 225 g/mol. The number of hydrogen-bond donors (Lipinski definition) is 1. The molecule has 0 bridgehead atoms. The van der Waals surface area contributed by atoms with Gasteiger partial charge in [-0.05, 0) is 19.1 Å². The maximum Gasteiger partial charge on any atom is 0.673 e. The van der Waals surface area contributed by atoms with Crippen molar-refractivity contribution in [2.75, 3.05) is 11.9 Å². The van der Waals surface area contributed by atoms with Crippen LogP contribution in [0.15, 0.2) is 24.3 Å². The van der Waals surface area contributed by atoms with Crippen molar-refractivity contribution in [3.63, 3.8) is 0 Å². The topological polar surface area (TPSA) is 40.2 Å². The van der Waals surface area contributed by atoms with Gasteiger partial charge in [-0.25, -0.2) is 0 Å². The van der Waals surface area contributed by atoms with E-state index in [4.69, 9.17) is 5.39 Å². The summed E-state index contributed by atoms with van der Waals surface area (Å²) >= 11 is 0. The van der Waals surface area contributed by atoms with E-state index in [0.717, 1.165) is 12.2 Å². The van der Waals surface area contributed by atoms with Crippen LogP contribution in [-0.4, -0.2) is 13.8 Å². The first-order valence-electron chi connectivity index (χ1n) is 4.43. The molecule has 88 valence electrons. The summed E-state index contributed by atoms with van der Waals surface area (Å²) in [6.07, 6.45) is 0. The Balaban J connectivity index is 0.000000385. The normalized spacial score (nSPS) is 9.75. The van der Waals surface area contributed by atoms with Gasteiger partial charge in [0.15, 0.2) is 4.98 Å².